The van der Waals surface area contributed by atoms with Crippen molar-refractivity contribution in [1.82, 2.24) is 0 Å². The second-order valence-electron chi connectivity index (χ2n) is 5.40. The molecule has 0 aliphatic carbocycles. The van der Waals surface area contributed by atoms with Gasteiger partial charge in [0.05, 0.1) is 0 Å². The van der Waals surface area contributed by atoms with E-state index in [-0.39, 0.29) is 4.75 Å². The highest BCUT2D eigenvalue weighted by molar-refractivity contribution is 8.00. The van der Waals surface area contributed by atoms with Gasteiger partial charge < -0.3 is 10.0 Å². The van der Waals surface area contributed by atoms with Crippen LogP contribution in [-0.4, -0.2) is 34.7 Å². The lowest BCUT2D eigenvalue weighted by Crippen LogP contribution is -2.43. The molecule has 1 heterocycles. The van der Waals surface area contributed by atoms with Gasteiger partial charge >= 0.3 is 5.97 Å². The monoisotopic (exact) mass is 311 g/mol. The number of thioether (sulfide) groups is 1. The maximum Gasteiger partial charge on any atom is 0.328 e. The van der Waals surface area contributed by atoms with Gasteiger partial charge in [-0.25, -0.2) is 4.79 Å². The Balaban J connectivity index is 2.33. The lowest BCUT2D eigenvalue weighted by atomic mass is 10.1. The topological polar surface area (TPSA) is 40.5 Å². The molecule has 0 saturated carbocycles. The van der Waals surface area contributed by atoms with Crippen LogP contribution in [0.1, 0.15) is 19.4 Å². The molecule has 1 fully saturated rings. The lowest BCUT2D eigenvalue weighted by Gasteiger charge is -2.39. The fourth-order valence-electron chi connectivity index (χ4n) is 2.33. The Hall–Kier alpha value is -1.13. The number of carboxylic acid groups (broad SMARTS) is 1. The van der Waals surface area contributed by atoms with Crippen LogP contribution in [0.3, 0.4) is 0 Å². The smallest absolute Gasteiger partial charge is 0.328 e. The largest absolute Gasteiger partial charge is 0.478 e. The summed E-state index contributed by atoms with van der Waals surface area (Å²) in [7, 11) is 0. The number of benzene rings is 1. The van der Waals surface area contributed by atoms with Crippen LogP contribution < -0.4 is 4.90 Å². The number of halogens is 1. The Morgan fingerprint density at radius 2 is 2.25 bits per heavy atom. The van der Waals surface area contributed by atoms with E-state index in [0.29, 0.717) is 5.02 Å². The Morgan fingerprint density at radius 1 is 1.50 bits per heavy atom. The summed E-state index contributed by atoms with van der Waals surface area (Å²) in [5, 5.41) is 9.41. The van der Waals surface area contributed by atoms with Crippen LogP contribution in [-0.2, 0) is 4.79 Å². The summed E-state index contributed by atoms with van der Waals surface area (Å²) in [4.78, 5) is 13.0. The number of hydrogen-bond donors (Lipinski definition) is 1. The van der Waals surface area contributed by atoms with Gasteiger partial charge in [0.2, 0.25) is 0 Å². The van der Waals surface area contributed by atoms with Gasteiger partial charge in [-0.1, -0.05) is 11.6 Å². The molecular formula is C15H18ClNO2S. The molecule has 3 nitrogen and oxygen atoms in total. The second kappa shape index (κ2) is 6.10. The van der Waals surface area contributed by atoms with Crippen molar-refractivity contribution in [2.24, 2.45) is 0 Å². The molecular weight excluding hydrogens is 294 g/mol. The third-order valence-electron chi connectivity index (χ3n) is 3.16. The van der Waals surface area contributed by atoms with E-state index in [4.69, 9.17) is 16.7 Å². The van der Waals surface area contributed by atoms with Crippen molar-refractivity contribution in [3.8, 4) is 0 Å². The number of hydrogen-bond acceptors (Lipinski definition) is 3. The van der Waals surface area contributed by atoms with Crippen LogP contribution in [0.4, 0.5) is 5.69 Å². The van der Waals surface area contributed by atoms with Gasteiger partial charge in [0.25, 0.3) is 0 Å². The van der Waals surface area contributed by atoms with E-state index in [1.165, 1.54) is 0 Å². The molecule has 0 amide bonds. The fraction of sp³-hybridized carbons (Fsp3) is 0.400. The van der Waals surface area contributed by atoms with Crippen molar-refractivity contribution < 1.29 is 9.90 Å². The first kappa shape index (κ1) is 15.3. The molecule has 20 heavy (non-hydrogen) atoms. The molecule has 1 aromatic carbocycles. The minimum Gasteiger partial charge on any atom is -0.478 e. The van der Waals surface area contributed by atoms with Crippen LogP contribution in [0.2, 0.25) is 5.02 Å². The van der Waals surface area contributed by atoms with Gasteiger partial charge in [0.1, 0.15) is 0 Å². The molecule has 0 bridgehead atoms. The zero-order chi connectivity index (χ0) is 14.8. The quantitative estimate of drug-likeness (QED) is 0.863. The summed E-state index contributed by atoms with van der Waals surface area (Å²) >= 11 is 7.99. The number of rotatable bonds is 3. The molecule has 108 valence electrons. The summed E-state index contributed by atoms with van der Waals surface area (Å²) in [6.07, 6.45) is 2.76. The standard InChI is InChI=1S/C15H18ClNO2S/c1-15(2)10-17(7-8-20-15)13-5-4-12(16)9-11(13)3-6-14(18)19/h3-6,9H,7-8,10H2,1-2H3,(H,18,19)/b6-3+. The average Bonchev–Trinajstić information content (AvgIpc) is 2.35. The maximum atomic E-state index is 10.7. The number of carboxylic acids is 1. The summed E-state index contributed by atoms with van der Waals surface area (Å²) < 4.78 is 0.200. The van der Waals surface area contributed by atoms with Crippen molar-refractivity contribution >= 4 is 41.1 Å². The predicted molar refractivity (Wildman–Crippen MR) is 86.9 cm³/mol. The maximum absolute atomic E-state index is 10.7. The number of anilines is 1. The molecule has 1 N–H and O–H groups in total. The summed E-state index contributed by atoms with van der Waals surface area (Å²) in [5.41, 5.74) is 1.89. The highest BCUT2D eigenvalue weighted by atomic mass is 35.5. The Labute approximate surface area is 128 Å². The van der Waals surface area contributed by atoms with E-state index in [1.807, 2.05) is 30.0 Å². The van der Waals surface area contributed by atoms with Gasteiger partial charge in [-0.15, -0.1) is 0 Å². The number of carbonyl (C=O) groups is 1. The summed E-state index contributed by atoms with van der Waals surface area (Å²) in [6, 6.07) is 5.63. The molecule has 2 rings (SSSR count). The molecule has 0 atom stereocenters. The normalized spacial score (nSPS) is 18.4. The predicted octanol–water partition coefficient (Wildman–Crippen LogP) is 3.77. The minimum absolute atomic E-state index is 0.200. The van der Waals surface area contributed by atoms with Crippen LogP contribution in [0.15, 0.2) is 24.3 Å². The summed E-state index contributed by atoms with van der Waals surface area (Å²) in [6.45, 7) is 6.36. The molecule has 0 radical (unpaired) electrons. The Morgan fingerprint density at radius 3 is 2.90 bits per heavy atom. The Bertz CT molecular complexity index is 543. The van der Waals surface area contributed by atoms with Crippen LogP contribution in [0.25, 0.3) is 6.08 Å². The van der Waals surface area contributed by atoms with Crippen LogP contribution in [0, 0.1) is 0 Å². The minimum atomic E-state index is -0.953. The van der Waals surface area contributed by atoms with Crippen molar-refractivity contribution in [2.75, 3.05) is 23.7 Å². The Kier molecular flexibility index (Phi) is 4.66. The zero-order valence-electron chi connectivity index (χ0n) is 11.6. The molecule has 1 aliphatic rings. The van der Waals surface area contributed by atoms with E-state index >= 15 is 0 Å². The first-order valence-electron chi connectivity index (χ1n) is 6.47. The van der Waals surface area contributed by atoms with Gasteiger partial charge in [-0.05, 0) is 43.7 Å². The van der Waals surface area contributed by atoms with E-state index in [9.17, 15) is 4.79 Å². The molecule has 1 saturated heterocycles. The van der Waals surface area contributed by atoms with E-state index in [1.54, 1.807) is 6.08 Å². The van der Waals surface area contributed by atoms with Gasteiger partial charge in [-0.2, -0.15) is 11.8 Å². The highest BCUT2D eigenvalue weighted by Gasteiger charge is 2.27. The van der Waals surface area contributed by atoms with Gasteiger partial charge in [0, 0.05) is 40.4 Å². The first-order valence-corrected chi connectivity index (χ1v) is 7.83. The molecule has 0 spiro atoms. The molecule has 1 aromatic rings. The zero-order valence-corrected chi connectivity index (χ0v) is 13.2. The van der Waals surface area contributed by atoms with Crippen molar-refractivity contribution in [3.63, 3.8) is 0 Å². The van der Waals surface area contributed by atoms with Gasteiger partial charge in [0.15, 0.2) is 0 Å². The molecule has 5 heteroatoms. The number of nitrogens with zero attached hydrogens (tertiary/aromatic N) is 1. The average molecular weight is 312 g/mol. The van der Waals surface area contributed by atoms with Crippen molar-refractivity contribution in [3.05, 3.63) is 34.9 Å². The molecule has 0 unspecified atom stereocenters. The van der Waals surface area contributed by atoms with Crippen LogP contribution in [0.5, 0.6) is 0 Å². The van der Waals surface area contributed by atoms with Crippen LogP contribution >= 0.6 is 23.4 Å². The third-order valence-corrected chi connectivity index (χ3v) is 4.69. The highest BCUT2D eigenvalue weighted by Crippen LogP contribution is 2.34. The third kappa shape index (κ3) is 3.93. The number of aliphatic carboxylic acids is 1. The summed E-state index contributed by atoms with van der Waals surface area (Å²) in [5.74, 6) is 0.114. The lowest BCUT2D eigenvalue weighted by molar-refractivity contribution is -0.131. The fourth-order valence-corrected chi connectivity index (χ4v) is 3.62. The molecule has 0 aromatic heterocycles. The second-order valence-corrected chi connectivity index (χ2v) is 7.64. The SMILES string of the molecule is CC1(C)CN(c2ccc(Cl)cc2/C=C/C(=O)O)CCS1. The van der Waals surface area contributed by atoms with E-state index in [2.05, 4.69) is 18.7 Å². The van der Waals surface area contributed by atoms with Crippen molar-refractivity contribution in [1.29, 1.82) is 0 Å². The van der Waals surface area contributed by atoms with E-state index in [0.717, 1.165) is 36.2 Å². The van der Waals surface area contributed by atoms with Gasteiger partial charge in [-0.3, -0.25) is 0 Å². The van der Waals surface area contributed by atoms with Crippen molar-refractivity contribution in [2.45, 2.75) is 18.6 Å². The first-order chi connectivity index (χ1) is 9.37. The van der Waals surface area contributed by atoms with E-state index < -0.39 is 5.97 Å². The molecule has 1 aliphatic heterocycles.